The molecule has 0 rings (SSSR count). The number of hydrogen-bond acceptors (Lipinski definition) is 4. The van der Waals surface area contributed by atoms with Crippen LogP contribution in [-0.4, -0.2) is 35.0 Å². The van der Waals surface area contributed by atoms with Gasteiger partial charge in [-0.2, -0.15) is 0 Å². The molecule has 2 atom stereocenters. The smallest absolute Gasteiger partial charge is 0.330 e. The van der Waals surface area contributed by atoms with Gasteiger partial charge in [-0.15, -0.1) is 0 Å². The maximum Gasteiger partial charge on any atom is 0.330 e. The van der Waals surface area contributed by atoms with Crippen molar-refractivity contribution >= 4 is 5.97 Å². The van der Waals surface area contributed by atoms with Crippen LogP contribution >= 0.6 is 0 Å². The maximum atomic E-state index is 10.5. The van der Waals surface area contributed by atoms with E-state index in [0.717, 1.165) is 6.08 Å². The quantitative estimate of drug-likeness (QED) is 0.449. The third-order valence-corrected chi connectivity index (χ3v) is 1.38. The Bertz CT molecular complexity index is 153. The molecule has 0 aliphatic heterocycles. The van der Waals surface area contributed by atoms with Crippen LogP contribution in [0.2, 0.25) is 0 Å². The minimum Gasteiger partial charge on any atom is -0.462 e. The molecule has 4 nitrogen and oxygen atoms in total. The van der Waals surface area contributed by atoms with Gasteiger partial charge in [-0.3, -0.25) is 0 Å². The lowest BCUT2D eigenvalue weighted by Crippen LogP contribution is -2.24. The van der Waals surface area contributed by atoms with Gasteiger partial charge in [-0.1, -0.05) is 6.58 Å². The van der Waals surface area contributed by atoms with Crippen LogP contribution in [0, 0.1) is 0 Å². The van der Waals surface area contributed by atoms with Crippen LogP contribution in [0.4, 0.5) is 0 Å². The first-order chi connectivity index (χ1) is 5.57. The fourth-order valence-electron chi connectivity index (χ4n) is 0.580. The van der Waals surface area contributed by atoms with Crippen molar-refractivity contribution < 1.29 is 19.7 Å². The molecule has 0 bridgehead atoms. The molecule has 0 heterocycles. The number of esters is 1. The SMILES string of the molecule is C=CC(=O)OCCC(O)C(C)O. The van der Waals surface area contributed by atoms with E-state index in [0.29, 0.717) is 0 Å². The normalized spacial score (nSPS) is 14.9. The number of carbonyl (C=O) groups is 1. The molecule has 4 heteroatoms. The van der Waals surface area contributed by atoms with E-state index in [9.17, 15) is 4.79 Å². The van der Waals surface area contributed by atoms with Gasteiger partial charge in [0, 0.05) is 12.5 Å². The first-order valence-electron chi connectivity index (χ1n) is 3.73. The van der Waals surface area contributed by atoms with Crippen LogP contribution in [0.15, 0.2) is 12.7 Å². The Hall–Kier alpha value is -0.870. The molecule has 12 heavy (non-hydrogen) atoms. The molecule has 0 aromatic heterocycles. The Labute approximate surface area is 71.5 Å². The molecule has 0 aromatic carbocycles. The minimum atomic E-state index is -0.845. The third-order valence-electron chi connectivity index (χ3n) is 1.38. The summed E-state index contributed by atoms with van der Waals surface area (Å²) in [6.45, 7) is 4.77. The zero-order valence-corrected chi connectivity index (χ0v) is 7.06. The summed E-state index contributed by atoms with van der Waals surface area (Å²) >= 11 is 0. The Morgan fingerprint density at radius 2 is 2.25 bits per heavy atom. The van der Waals surface area contributed by atoms with Crippen LogP contribution < -0.4 is 0 Å². The van der Waals surface area contributed by atoms with E-state index in [-0.39, 0.29) is 13.0 Å². The van der Waals surface area contributed by atoms with E-state index in [1.165, 1.54) is 6.92 Å². The van der Waals surface area contributed by atoms with Crippen LogP contribution in [0.5, 0.6) is 0 Å². The first-order valence-corrected chi connectivity index (χ1v) is 3.73. The molecular weight excluding hydrogens is 160 g/mol. The van der Waals surface area contributed by atoms with E-state index in [2.05, 4.69) is 11.3 Å². The van der Waals surface area contributed by atoms with Crippen molar-refractivity contribution in [1.29, 1.82) is 0 Å². The van der Waals surface area contributed by atoms with E-state index < -0.39 is 18.2 Å². The minimum absolute atomic E-state index is 0.0942. The lowest BCUT2D eigenvalue weighted by Gasteiger charge is -2.12. The van der Waals surface area contributed by atoms with Crippen molar-refractivity contribution in [3.05, 3.63) is 12.7 Å². The van der Waals surface area contributed by atoms with Crippen molar-refractivity contribution in [1.82, 2.24) is 0 Å². The van der Waals surface area contributed by atoms with Crippen molar-refractivity contribution in [2.24, 2.45) is 0 Å². The Balaban J connectivity index is 3.43. The summed E-state index contributed by atoms with van der Waals surface area (Å²) < 4.78 is 4.58. The number of aliphatic hydroxyl groups is 2. The van der Waals surface area contributed by atoms with Gasteiger partial charge in [0.15, 0.2) is 0 Å². The molecule has 0 saturated carbocycles. The second-order valence-corrected chi connectivity index (χ2v) is 2.47. The highest BCUT2D eigenvalue weighted by Gasteiger charge is 2.10. The summed E-state index contributed by atoms with van der Waals surface area (Å²) in [7, 11) is 0. The lowest BCUT2D eigenvalue weighted by molar-refractivity contribution is -0.138. The fraction of sp³-hybridized carbons (Fsp3) is 0.625. The Kier molecular flexibility index (Phi) is 5.32. The van der Waals surface area contributed by atoms with Gasteiger partial charge in [0.25, 0.3) is 0 Å². The number of hydrogen-bond donors (Lipinski definition) is 2. The molecule has 0 saturated heterocycles. The largest absolute Gasteiger partial charge is 0.462 e. The van der Waals surface area contributed by atoms with Crippen LogP contribution in [0.3, 0.4) is 0 Å². The molecule has 0 amide bonds. The molecule has 2 unspecified atom stereocenters. The summed E-state index contributed by atoms with van der Waals surface area (Å²) in [4.78, 5) is 10.5. The summed E-state index contributed by atoms with van der Waals surface area (Å²) in [6.07, 6.45) is -0.360. The molecule has 0 spiro atoms. The topological polar surface area (TPSA) is 66.8 Å². The summed E-state index contributed by atoms with van der Waals surface area (Å²) in [5, 5.41) is 17.9. The van der Waals surface area contributed by atoms with E-state index >= 15 is 0 Å². The van der Waals surface area contributed by atoms with Gasteiger partial charge in [0.2, 0.25) is 0 Å². The first kappa shape index (κ1) is 11.1. The Morgan fingerprint density at radius 1 is 1.67 bits per heavy atom. The highest BCUT2D eigenvalue weighted by Crippen LogP contribution is 1.98. The van der Waals surface area contributed by atoms with E-state index in [4.69, 9.17) is 10.2 Å². The predicted octanol–water partition coefficient (Wildman–Crippen LogP) is -0.153. The molecule has 0 fully saturated rings. The van der Waals surface area contributed by atoms with Crippen molar-refractivity contribution in [3.63, 3.8) is 0 Å². The Morgan fingerprint density at radius 3 is 2.67 bits per heavy atom. The van der Waals surface area contributed by atoms with Crippen LogP contribution in [0.1, 0.15) is 13.3 Å². The van der Waals surface area contributed by atoms with Crippen molar-refractivity contribution in [2.45, 2.75) is 25.6 Å². The fourth-order valence-corrected chi connectivity index (χ4v) is 0.580. The highest BCUT2D eigenvalue weighted by molar-refractivity contribution is 5.81. The zero-order valence-electron chi connectivity index (χ0n) is 7.06. The highest BCUT2D eigenvalue weighted by atomic mass is 16.5. The van der Waals surface area contributed by atoms with E-state index in [1.54, 1.807) is 0 Å². The molecule has 0 aliphatic rings. The molecule has 2 N–H and O–H groups in total. The van der Waals surface area contributed by atoms with Gasteiger partial charge in [0.1, 0.15) is 0 Å². The maximum absolute atomic E-state index is 10.5. The average Bonchev–Trinajstić information content (AvgIpc) is 2.03. The summed E-state index contributed by atoms with van der Waals surface area (Å²) in [6, 6.07) is 0. The van der Waals surface area contributed by atoms with Gasteiger partial charge in [-0.25, -0.2) is 4.79 Å². The van der Waals surface area contributed by atoms with Gasteiger partial charge in [0.05, 0.1) is 18.8 Å². The molecule has 0 aromatic rings. The van der Waals surface area contributed by atoms with Crippen LogP contribution in [-0.2, 0) is 9.53 Å². The number of carbonyl (C=O) groups excluding carboxylic acids is 1. The van der Waals surface area contributed by atoms with E-state index in [1.807, 2.05) is 0 Å². The number of ether oxygens (including phenoxy) is 1. The molecule has 0 aliphatic carbocycles. The molecule has 70 valence electrons. The lowest BCUT2D eigenvalue weighted by atomic mass is 10.2. The second-order valence-electron chi connectivity index (χ2n) is 2.47. The van der Waals surface area contributed by atoms with Gasteiger partial charge in [-0.05, 0) is 6.92 Å². The average molecular weight is 174 g/mol. The third kappa shape index (κ3) is 4.87. The zero-order chi connectivity index (χ0) is 9.56. The molecular formula is C8H14O4. The van der Waals surface area contributed by atoms with Gasteiger partial charge >= 0.3 is 5.97 Å². The summed E-state index contributed by atoms with van der Waals surface area (Å²) in [5.74, 6) is -0.521. The van der Waals surface area contributed by atoms with Gasteiger partial charge < -0.3 is 14.9 Å². The van der Waals surface area contributed by atoms with Crippen LogP contribution in [0.25, 0.3) is 0 Å². The summed E-state index contributed by atoms with van der Waals surface area (Å²) in [5.41, 5.74) is 0. The second kappa shape index (κ2) is 5.74. The van der Waals surface area contributed by atoms with Crippen molar-refractivity contribution in [3.8, 4) is 0 Å². The number of rotatable bonds is 5. The number of aliphatic hydroxyl groups excluding tert-OH is 2. The van der Waals surface area contributed by atoms with Crippen molar-refractivity contribution in [2.75, 3.05) is 6.61 Å². The predicted molar refractivity (Wildman–Crippen MR) is 43.5 cm³/mol. The molecule has 0 radical (unpaired) electrons. The monoisotopic (exact) mass is 174 g/mol. The standard InChI is InChI=1S/C8H14O4/c1-3-8(11)12-5-4-7(10)6(2)9/h3,6-7,9-10H,1,4-5H2,2H3.